The Hall–Kier alpha value is -1.07. The molecule has 0 radical (unpaired) electrons. The summed E-state index contributed by atoms with van der Waals surface area (Å²) < 4.78 is 1.04. The minimum absolute atomic E-state index is 0.160. The van der Waals surface area contributed by atoms with Gasteiger partial charge in [-0.15, -0.1) is 0 Å². The lowest BCUT2D eigenvalue weighted by atomic mass is 9.97. The van der Waals surface area contributed by atoms with Crippen LogP contribution in [0.3, 0.4) is 0 Å². The van der Waals surface area contributed by atoms with Gasteiger partial charge in [-0.2, -0.15) is 0 Å². The maximum absolute atomic E-state index is 11.4. The van der Waals surface area contributed by atoms with Gasteiger partial charge in [-0.3, -0.25) is 0 Å². The zero-order valence-electron chi connectivity index (χ0n) is 11.3. The largest absolute Gasteiger partial charge is 0.323 e. The molecule has 0 spiro atoms. The standard InChI is InChI=1S/C14H18BrN3O/c1-14(2)6-8(14)12(16-3)7-4-10-11(5-9(7)15)18-13(19)17-10/h4-5,8,12,16H,6H2,1-3H3,(H2,17,18,19). The van der Waals surface area contributed by atoms with Gasteiger partial charge in [0.25, 0.3) is 0 Å². The highest BCUT2D eigenvalue weighted by Crippen LogP contribution is 2.58. The predicted molar refractivity (Wildman–Crippen MR) is 80.3 cm³/mol. The van der Waals surface area contributed by atoms with Crippen molar-refractivity contribution in [2.24, 2.45) is 11.3 Å². The number of fused-ring (bicyclic) bond motifs is 1. The fourth-order valence-electron chi connectivity index (χ4n) is 2.96. The van der Waals surface area contributed by atoms with Gasteiger partial charge in [0.15, 0.2) is 0 Å². The molecule has 1 saturated carbocycles. The number of hydrogen-bond acceptors (Lipinski definition) is 2. The molecule has 1 aliphatic carbocycles. The van der Waals surface area contributed by atoms with Crippen molar-refractivity contribution in [1.82, 2.24) is 15.3 Å². The van der Waals surface area contributed by atoms with Crippen LogP contribution < -0.4 is 11.0 Å². The van der Waals surface area contributed by atoms with E-state index in [4.69, 9.17) is 0 Å². The molecule has 2 unspecified atom stereocenters. The average Bonchev–Trinajstić information content (AvgIpc) is 2.78. The van der Waals surface area contributed by atoms with Crippen LogP contribution in [-0.4, -0.2) is 17.0 Å². The van der Waals surface area contributed by atoms with Crippen LogP contribution in [0.25, 0.3) is 11.0 Å². The molecule has 5 heteroatoms. The minimum Gasteiger partial charge on any atom is -0.313 e. The van der Waals surface area contributed by atoms with E-state index in [1.165, 1.54) is 12.0 Å². The van der Waals surface area contributed by atoms with Gasteiger partial charge < -0.3 is 15.3 Å². The molecule has 2 atom stereocenters. The summed E-state index contributed by atoms with van der Waals surface area (Å²) in [6.07, 6.45) is 1.23. The third-order valence-corrected chi connectivity index (χ3v) is 4.96. The van der Waals surface area contributed by atoms with Gasteiger partial charge in [0.2, 0.25) is 0 Å². The molecule has 2 aromatic rings. The van der Waals surface area contributed by atoms with Crippen LogP contribution in [0.4, 0.5) is 0 Å². The van der Waals surface area contributed by atoms with E-state index in [0.29, 0.717) is 17.4 Å². The van der Waals surface area contributed by atoms with Gasteiger partial charge in [0.1, 0.15) is 0 Å². The summed E-state index contributed by atoms with van der Waals surface area (Å²) in [5, 5.41) is 3.42. The highest BCUT2D eigenvalue weighted by Gasteiger charge is 2.50. The molecule has 3 N–H and O–H groups in total. The van der Waals surface area contributed by atoms with Gasteiger partial charge in [0, 0.05) is 10.5 Å². The van der Waals surface area contributed by atoms with Crippen LogP contribution in [0, 0.1) is 11.3 Å². The first kappa shape index (κ1) is 12.9. The normalized spacial score (nSPS) is 22.6. The Morgan fingerprint density at radius 3 is 2.47 bits per heavy atom. The molecule has 0 bridgehead atoms. The molecule has 4 nitrogen and oxygen atoms in total. The van der Waals surface area contributed by atoms with E-state index in [9.17, 15) is 4.79 Å². The van der Waals surface area contributed by atoms with Gasteiger partial charge >= 0.3 is 5.69 Å². The highest BCUT2D eigenvalue weighted by molar-refractivity contribution is 9.10. The number of hydrogen-bond donors (Lipinski definition) is 3. The summed E-state index contributed by atoms with van der Waals surface area (Å²) in [7, 11) is 2.00. The van der Waals surface area contributed by atoms with Crippen molar-refractivity contribution in [3.63, 3.8) is 0 Å². The lowest BCUT2D eigenvalue weighted by Crippen LogP contribution is -2.21. The van der Waals surface area contributed by atoms with Crippen molar-refractivity contribution in [3.05, 3.63) is 32.7 Å². The van der Waals surface area contributed by atoms with Crippen LogP contribution in [0.2, 0.25) is 0 Å². The topological polar surface area (TPSA) is 60.7 Å². The molecule has 1 heterocycles. The molecular weight excluding hydrogens is 306 g/mol. The van der Waals surface area contributed by atoms with Crippen molar-refractivity contribution in [3.8, 4) is 0 Å². The van der Waals surface area contributed by atoms with Gasteiger partial charge in [0.05, 0.1) is 11.0 Å². The zero-order valence-corrected chi connectivity index (χ0v) is 12.9. The van der Waals surface area contributed by atoms with Gasteiger partial charge in [-0.1, -0.05) is 29.8 Å². The number of benzene rings is 1. The van der Waals surface area contributed by atoms with E-state index in [1.807, 2.05) is 13.1 Å². The van der Waals surface area contributed by atoms with Crippen molar-refractivity contribution in [1.29, 1.82) is 0 Å². The molecular formula is C14H18BrN3O. The lowest BCUT2D eigenvalue weighted by Gasteiger charge is -2.20. The zero-order chi connectivity index (χ0) is 13.8. The number of aromatic amines is 2. The Bertz CT molecular complexity index is 686. The molecule has 102 valence electrons. The second-order valence-electron chi connectivity index (χ2n) is 6.06. The summed E-state index contributed by atoms with van der Waals surface area (Å²) >= 11 is 3.63. The summed E-state index contributed by atoms with van der Waals surface area (Å²) in [4.78, 5) is 17.0. The number of rotatable bonds is 3. The fraction of sp³-hybridized carbons (Fsp3) is 0.500. The Morgan fingerprint density at radius 2 is 1.95 bits per heavy atom. The molecule has 0 amide bonds. The quantitative estimate of drug-likeness (QED) is 0.813. The van der Waals surface area contributed by atoms with Crippen LogP contribution >= 0.6 is 15.9 Å². The SMILES string of the molecule is CNC(c1cc2[nH]c(=O)[nH]c2cc1Br)C1CC1(C)C. The van der Waals surface area contributed by atoms with Crippen molar-refractivity contribution in [2.75, 3.05) is 7.05 Å². The van der Waals surface area contributed by atoms with E-state index in [1.54, 1.807) is 0 Å². The van der Waals surface area contributed by atoms with Crippen molar-refractivity contribution >= 4 is 27.0 Å². The van der Waals surface area contributed by atoms with Gasteiger partial charge in [-0.05, 0) is 42.5 Å². The van der Waals surface area contributed by atoms with E-state index in [2.05, 4.69) is 51.1 Å². The second kappa shape index (κ2) is 4.21. The Kier molecular flexibility index (Phi) is 2.87. The molecule has 19 heavy (non-hydrogen) atoms. The Labute approximate surface area is 120 Å². The van der Waals surface area contributed by atoms with Crippen LogP contribution in [0.15, 0.2) is 21.4 Å². The molecule has 0 aliphatic heterocycles. The van der Waals surface area contributed by atoms with Crippen LogP contribution in [-0.2, 0) is 0 Å². The maximum Gasteiger partial charge on any atom is 0.323 e. The first-order valence-electron chi connectivity index (χ1n) is 6.51. The van der Waals surface area contributed by atoms with E-state index in [0.717, 1.165) is 15.5 Å². The summed E-state index contributed by atoms with van der Waals surface area (Å²) in [6, 6.07) is 4.35. The fourth-order valence-corrected chi connectivity index (χ4v) is 3.55. The molecule has 0 saturated heterocycles. The molecule has 1 aliphatic rings. The number of halogens is 1. The van der Waals surface area contributed by atoms with E-state index < -0.39 is 0 Å². The van der Waals surface area contributed by atoms with E-state index in [-0.39, 0.29) is 5.69 Å². The van der Waals surface area contributed by atoms with Crippen LogP contribution in [0.5, 0.6) is 0 Å². The molecule has 1 fully saturated rings. The number of imidazole rings is 1. The number of aromatic nitrogens is 2. The summed E-state index contributed by atoms with van der Waals surface area (Å²) in [5.41, 5.74) is 3.15. The van der Waals surface area contributed by atoms with Crippen LogP contribution in [0.1, 0.15) is 31.9 Å². The predicted octanol–water partition coefficient (Wildman–Crippen LogP) is 2.93. The smallest absolute Gasteiger partial charge is 0.313 e. The van der Waals surface area contributed by atoms with Gasteiger partial charge in [-0.25, -0.2) is 4.79 Å². The maximum atomic E-state index is 11.4. The lowest BCUT2D eigenvalue weighted by molar-refractivity contribution is 0.440. The minimum atomic E-state index is -0.160. The second-order valence-corrected chi connectivity index (χ2v) is 6.92. The number of H-pyrrole nitrogens is 2. The first-order valence-corrected chi connectivity index (χ1v) is 7.30. The molecule has 1 aromatic heterocycles. The first-order chi connectivity index (χ1) is 8.92. The summed E-state index contributed by atoms with van der Waals surface area (Å²) in [5.74, 6) is 0.636. The molecule has 3 rings (SSSR count). The number of nitrogens with one attached hydrogen (secondary N) is 3. The Balaban J connectivity index is 2.08. The third kappa shape index (κ3) is 2.15. The monoisotopic (exact) mass is 323 g/mol. The van der Waals surface area contributed by atoms with Crippen molar-refractivity contribution in [2.45, 2.75) is 26.3 Å². The van der Waals surface area contributed by atoms with E-state index >= 15 is 0 Å². The summed E-state index contributed by atoms with van der Waals surface area (Å²) in [6.45, 7) is 4.60. The highest BCUT2D eigenvalue weighted by atomic mass is 79.9. The average molecular weight is 324 g/mol. The molecule has 1 aromatic carbocycles. The Morgan fingerprint density at radius 1 is 1.37 bits per heavy atom. The van der Waals surface area contributed by atoms with Crippen molar-refractivity contribution < 1.29 is 0 Å². The third-order valence-electron chi connectivity index (χ3n) is 4.27.